The van der Waals surface area contributed by atoms with Gasteiger partial charge in [0.1, 0.15) is 0 Å². The number of rotatable bonds is 12. The summed E-state index contributed by atoms with van der Waals surface area (Å²) in [6.07, 6.45) is 7.41. The fourth-order valence-corrected chi connectivity index (χ4v) is 3.90. The van der Waals surface area contributed by atoms with Crippen molar-refractivity contribution in [1.82, 2.24) is 15.0 Å². The molecule has 2 atom stereocenters. The van der Waals surface area contributed by atoms with Crippen LogP contribution in [0.2, 0.25) is 0 Å². The van der Waals surface area contributed by atoms with E-state index in [9.17, 15) is 0 Å². The van der Waals surface area contributed by atoms with E-state index in [0.29, 0.717) is 63.4 Å². The van der Waals surface area contributed by atoms with Crippen molar-refractivity contribution in [3.63, 3.8) is 0 Å². The number of nitrogens with one attached hydrogen (secondary N) is 2. The molecule has 2 heterocycles. The molecule has 0 radical (unpaired) electrons. The monoisotopic (exact) mass is 407 g/mol. The summed E-state index contributed by atoms with van der Waals surface area (Å²) in [6, 6.07) is 0.433. The molecule has 2 fully saturated rings. The highest BCUT2D eigenvalue weighted by molar-refractivity contribution is 5.44. The highest BCUT2D eigenvalue weighted by Gasteiger charge is 2.23. The van der Waals surface area contributed by atoms with Gasteiger partial charge in [0, 0.05) is 32.2 Å². The third-order valence-corrected chi connectivity index (χ3v) is 5.60. The van der Waals surface area contributed by atoms with Crippen molar-refractivity contribution in [2.75, 3.05) is 68.1 Å². The van der Waals surface area contributed by atoms with Gasteiger partial charge in [-0.25, -0.2) is 0 Å². The summed E-state index contributed by atoms with van der Waals surface area (Å²) in [7, 11) is 0. The Morgan fingerprint density at radius 3 is 2.41 bits per heavy atom. The Hall–Kier alpha value is -1.71. The zero-order valence-electron chi connectivity index (χ0n) is 17.7. The Morgan fingerprint density at radius 1 is 0.931 bits per heavy atom. The van der Waals surface area contributed by atoms with E-state index in [2.05, 4.69) is 32.4 Å². The Morgan fingerprint density at radius 2 is 1.66 bits per heavy atom. The minimum Gasteiger partial charge on any atom is -0.378 e. The number of hydrogen-bond donors (Lipinski definition) is 3. The van der Waals surface area contributed by atoms with Gasteiger partial charge in [-0.1, -0.05) is 19.8 Å². The Labute approximate surface area is 174 Å². The second kappa shape index (κ2) is 12.1. The molecular weight excluding hydrogens is 370 g/mol. The average Bonchev–Trinajstić information content (AvgIpc) is 3.27. The van der Waals surface area contributed by atoms with Gasteiger partial charge >= 0.3 is 0 Å². The molecule has 1 aromatic rings. The van der Waals surface area contributed by atoms with Crippen LogP contribution in [0.1, 0.15) is 45.4 Å². The van der Waals surface area contributed by atoms with Gasteiger partial charge in [0.25, 0.3) is 0 Å². The van der Waals surface area contributed by atoms with Crippen molar-refractivity contribution < 1.29 is 9.47 Å². The number of aromatic nitrogens is 3. The molecule has 0 spiro atoms. The maximum Gasteiger partial charge on any atom is 0.231 e. The summed E-state index contributed by atoms with van der Waals surface area (Å²) in [4.78, 5) is 16.2. The van der Waals surface area contributed by atoms with Crippen molar-refractivity contribution in [3.8, 4) is 0 Å². The average molecular weight is 408 g/mol. The Kier molecular flexibility index (Phi) is 9.17. The second-order valence-corrected chi connectivity index (χ2v) is 7.93. The first-order valence-corrected chi connectivity index (χ1v) is 11.1. The van der Waals surface area contributed by atoms with Crippen molar-refractivity contribution >= 4 is 17.8 Å². The van der Waals surface area contributed by atoms with Gasteiger partial charge < -0.3 is 30.7 Å². The second-order valence-electron chi connectivity index (χ2n) is 7.93. The number of ether oxygens (including phenoxy) is 2. The number of anilines is 3. The van der Waals surface area contributed by atoms with Crippen LogP contribution in [0.3, 0.4) is 0 Å². The summed E-state index contributed by atoms with van der Waals surface area (Å²) >= 11 is 0. The van der Waals surface area contributed by atoms with Crippen LogP contribution in [0.15, 0.2) is 0 Å². The molecule has 3 rings (SSSR count). The summed E-state index contributed by atoms with van der Waals surface area (Å²) in [5, 5.41) is 6.86. The molecule has 2 aliphatic rings. The van der Waals surface area contributed by atoms with E-state index in [4.69, 9.17) is 20.2 Å². The molecule has 29 heavy (non-hydrogen) atoms. The van der Waals surface area contributed by atoms with E-state index in [-0.39, 0.29) is 0 Å². The normalized spacial score (nSPS) is 22.1. The molecule has 0 bridgehead atoms. The SMILES string of the molecule is CC1CCCCC1Nc1nc(NCCOCCOCCN)nc(N2CCCC2)n1. The van der Waals surface area contributed by atoms with Crippen LogP contribution >= 0.6 is 0 Å². The molecule has 9 nitrogen and oxygen atoms in total. The van der Waals surface area contributed by atoms with Gasteiger partial charge in [-0.2, -0.15) is 15.0 Å². The third kappa shape index (κ3) is 7.24. The lowest BCUT2D eigenvalue weighted by Crippen LogP contribution is -2.32. The van der Waals surface area contributed by atoms with Gasteiger partial charge in [-0.15, -0.1) is 0 Å². The van der Waals surface area contributed by atoms with E-state index < -0.39 is 0 Å². The fourth-order valence-electron chi connectivity index (χ4n) is 3.90. The summed E-state index contributed by atoms with van der Waals surface area (Å²) in [5.74, 6) is 2.69. The highest BCUT2D eigenvalue weighted by Crippen LogP contribution is 2.27. The molecule has 0 amide bonds. The first-order valence-electron chi connectivity index (χ1n) is 11.1. The lowest BCUT2D eigenvalue weighted by atomic mass is 9.86. The van der Waals surface area contributed by atoms with Crippen LogP contribution in [-0.4, -0.2) is 73.6 Å². The zero-order chi connectivity index (χ0) is 20.3. The van der Waals surface area contributed by atoms with Crippen LogP contribution in [0.5, 0.6) is 0 Å². The van der Waals surface area contributed by atoms with Crippen LogP contribution in [0, 0.1) is 5.92 Å². The molecule has 1 aromatic heterocycles. The van der Waals surface area contributed by atoms with Gasteiger partial charge in [-0.05, 0) is 31.6 Å². The maximum absolute atomic E-state index is 5.57. The molecule has 1 aliphatic heterocycles. The minimum atomic E-state index is 0.433. The molecule has 164 valence electrons. The predicted octanol–water partition coefficient (Wildman–Crippen LogP) is 1.87. The molecule has 4 N–H and O–H groups in total. The smallest absolute Gasteiger partial charge is 0.231 e. The van der Waals surface area contributed by atoms with E-state index in [1.807, 2.05) is 0 Å². The van der Waals surface area contributed by atoms with Crippen LogP contribution in [0.25, 0.3) is 0 Å². The lowest BCUT2D eigenvalue weighted by molar-refractivity contribution is 0.0547. The zero-order valence-corrected chi connectivity index (χ0v) is 17.7. The van der Waals surface area contributed by atoms with Crippen molar-refractivity contribution in [1.29, 1.82) is 0 Å². The van der Waals surface area contributed by atoms with E-state index in [0.717, 1.165) is 19.0 Å². The first-order chi connectivity index (χ1) is 14.3. The van der Waals surface area contributed by atoms with Crippen LogP contribution in [-0.2, 0) is 9.47 Å². The van der Waals surface area contributed by atoms with Crippen LogP contribution in [0.4, 0.5) is 17.8 Å². The molecule has 0 aromatic carbocycles. The number of nitrogens with zero attached hydrogens (tertiary/aromatic N) is 4. The lowest BCUT2D eigenvalue weighted by Gasteiger charge is -2.29. The van der Waals surface area contributed by atoms with E-state index in [1.54, 1.807) is 0 Å². The molecular formula is C20H37N7O2. The topological polar surface area (TPSA) is 110 Å². The van der Waals surface area contributed by atoms with E-state index in [1.165, 1.54) is 38.5 Å². The van der Waals surface area contributed by atoms with Gasteiger partial charge in [0.05, 0.1) is 26.4 Å². The standard InChI is InChI=1S/C20H37N7O2/c1-16-6-2-3-7-17(16)23-19-24-18(22-9-13-29-15-14-28-12-8-21)25-20(26-19)27-10-4-5-11-27/h16-17H,2-15,21H2,1H3,(H2,22,23,24,25,26). The third-order valence-electron chi connectivity index (χ3n) is 5.60. The van der Waals surface area contributed by atoms with Crippen molar-refractivity contribution in [2.45, 2.75) is 51.5 Å². The largest absolute Gasteiger partial charge is 0.378 e. The van der Waals surface area contributed by atoms with Crippen molar-refractivity contribution in [2.24, 2.45) is 11.7 Å². The van der Waals surface area contributed by atoms with Gasteiger partial charge in [0.2, 0.25) is 17.8 Å². The van der Waals surface area contributed by atoms with Gasteiger partial charge in [-0.3, -0.25) is 0 Å². The van der Waals surface area contributed by atoms with Crippen LogP contribution < -0.4 is 21.3 Å². The van der Waals surface area contributed by atoms with Crippen molar-refractivity contribution in [3.05, 3.63) is 0 Å². The fraction of sp³-hybridized carbons (Fsp3) is 0.850. The quantitative estimate of drug-likeness (QED) is 0.447. The highest BCUT2D eigenvalue weighted by atomic mass is 16.5. The minimum absolute atomic E-state index is 0.433. The molecule has 1 saturated heterocycles. The van der Waals surface area contributed by atoms with E-state index >= 15 is 0 Å². The molecule has 2 unspecified atom stereocenters. The molecule has 1 saturated carbocycles. The summed E-state index contributed by atoms with van der Waals surface area (Å²) < 4.78 is 10.9. The Balaban J connectivity index is 1.54. The summed E-state index contributed by atoms with van der Waals surface area (Å²) in [5.41, 5.74) is 5.39. The maximum atomic E-state index is 5.57. The molecule has 1 aliphatic carbocycles. The predicted molar refractivity (Wildman–Crippen MR) is 115 cm³/mol. The number of nitrogens with two attached hydrogens (primary N) is 1. The first kappa shape index (κ1) is 22.0. The summed E-state index contributed by atoms with van der Waals surface area (Å²) in [6.45, 7) is 7.77. The molecule has 9 heteroatoms. The van der Waals surface area contributed by atoms with Gasteiger partial charge in [0.15, 0.2) is 0 Å². The Bertz CT molecular complexity index is 598. The number of hydrogen-bond acceptors (Lipinski definition) is 9.